The molecule has 11 aromatic rings. The zero-order chi connectivity index (χ0) is 37.7. The van der Waals surface area contributed by atoms with E-state index in [4.69, 9.17) is 4.42 Å². The molecule has 268 valence electrons. The molecule has 0 aliphatic heterocycles. The van der Waals surface area contributed by atoms with Crippen LogP contribution in [0.3, 0.4) is 0 Å². The molecule has 0 saturated heterocycles. The van der Waals surface area contributed by atoms with Gasteiger partial charge < -0.3 is 13.9 Å². The lowest BCUT2D eigenvalue weighted by Gasteiger charge is -2.31. The largest absolute Gasteiger partial charge is 0.455 e. The van der Waals surface area contributed by atoms with Crippen molar-refractivity contribution in [1.82, 2.24) is 4.57 Å². The number of hydrogen-bond donors (Lipinski definition) is 0. The summed E-state index contributed by atoms with van der Waals surface area (Å²) in [6.07, 6.45) is 0. The first-order valence-electron chi connectivity index (χ1n) is 19.4. The Hall–Kier alpha value is -7.62. The van der Waals surface area contributed by atoms with Crippen LogP contribution in [0, 0.1) is 0 Å². The van der Waals surface area contributed by atoms with E-state index in [2.05, 4.69) is 222 Å². The van der Waals surface area contributed by atoms with Crippen molar-refractivity contribution < 1.29 is 4.42 Å². The summed E-state index contributed by atoms with van der Waals surface area (Å²) in [5.41, 5.74) is 15.2. The van der Waals surface area contributed by atoms with Gasteiger partial charge in [-0.15, -0.1) is 0 Å². The number of fused-ring (bicyclic) bond motifs is 6. The number of furan rings is 1. The lowest BCUT2D eigenvalue weighted by atomic mass is 9.94. The average molecular weight is 729 g/mol. The second kappa shape index (κ2) is 13.6. The first-order valence-corrected chi connectivity index (χ1v) is 19.4. The lowest BCUT2D eigenvalue weighted by Crippen LogP contribution is -2.13. The van der Waals surface area contributed by atoms with Crippen LogP contribution in [0.1, 0.15) is 0 Å². The van der Waals surface area contributed by atoms with Crippen molar-refractivity contribution >= 4 is 60.8 Å². The molecule has 0 unspecified atom stereocenters. The van der Waals surface area contributed by atoms with Gasteiger partial charge in [0, 0.05) is 43.9 Å². The fourth-order valence-corrected chi connectivity index (χ4v) is 8.68. The maximum Gasteiger partial charge on any atom is 0.143 e. The van der Waals surface area contributed by atoms with E-state index in [1.54, 1.807) is 0 Å². The Morgan fingerprint density at radius 3 is 1.72 bits per heavy atom. The number of hydrogen-bond acceptors (Lipinski definition) is 2. The molecule has 0 fully saturated rings. The summed E-state index contributed by atoms with van der Waals surface area (Å²) in [4.78, 5) is 2.49. The zero-order valence-electron chi connectivity index (χ0n) is 31.1. The van der Waals surface area contributed by atoms with Crippen molar-refractivity contribution in [2.75, 3.05) is 4.90 Å². The number of benzene rings is 9. The molecule has 3 nitrogen and oxygen atoms in total. The molecule has 0 amide bonds. The number of aromatic nitrogens is 1. The van der Waals surface area contributed by atoms with Crippen LogP contribution in [0.2, 0.25) is 0 Å². The summed E-state index contributed by atoms with van der Waals surface area (Å²) in [7, 11) is 0. The zero-order valence-corrected chi connectivity index (χ0v) is 31.1. The lowest BCUT2D eigenvalue weighted by molar-refractivity contribution is 0.670. The quantitative estimate of drug-likeness (QED) is 0.163. The van der Waals surface area contributed by atoms with E-state index in [0.717, 1.165) is 83.6 Å². The second-order valence-electron chi connectivity index (χ2n) is 14.5. The summed E-state index contributed by atoms with van der Waals surface area (Å²) in [6, 6.07) is 78.2. The Morgan fingerprint density at radius 2 is 0.912 bits per heavy atom. The minimum Gasteiger partial charge on any atom is -0.455 e. The van der Waals surface area contributed by atoms with Gasteiger partial charge in [0.25, 0.3) is 0 Å². The first kappa shape index (κ1) is 32.8. The van der Waals surface area contributed by atoms with Crippen molar-refractivity contribution in [2.45, 2.75) is 0 Å². The predicted molar refractivity (Wildman–Crippen MR) is 239 cm³/mol. The van der Waals surface area contributed by atoms with E-state index < -0.39 is 0 Å². The Balaban J connectivity index is 1.23. The van der Waals surface area contributed by atoms with Crippen molar-refractivity contribution in [3.8, 4) is 39.1 Å². The molecule has 0 atom stereocenters. The van der Waals surface area contributed by atoms with Gasteiger partial charge in [-0.05, 0) is 71.3 Å². The van der Waals surface area contributed by atoms with Gasteiger partial charge in [-0.2, -0.15) is 0 Å². The number of para-hydroxylation sites is 5. The van der Waals surface area contributed by atoms with Crippen LogP contribution >= 0.6 is 0 Å². The van der Waals surface area contributed by atoms with E-state index in [1.807, 2.05) is 6.07 Å². The van der Waals surface area contributed by atoms with Crippen molar-refractivity contribution in [2.24, 2.45) is 0 Å². The van der Waals surface area contributed by atoms with Crippen LogP contribution in [0.4, 0.5) is 17.1 Å². The van der Waals surface area contributed by atoms with Crippen molar-refractivity contribution in [3.63, 3.8) is 0 Å². The second-order valence-corrected chi connectivity index (χ2v) is 14.5. The molecular formula is C54H36N2O. The van der Waals surface area contributed by atoms with Gasteiger partial charge in [-0.25, -0.2) is 0 Å². The molecule has 0 saturated carbocycles. The number of rotatable bonds is 7. The predicted octanol–water partition coefficient (Wildman–Crippen LogP) is 15.2. The van der Waals surface area contributed by atoms with Gasteiger partial charge >= 0.3 is 0 Å². The van der Waals surface area contributed by atoms with Gasteiger partial charge in [0.15, 0.2) is 0 Å². The Morgan fingerprint density at radius 1 is 0.351 bits per heavy atom. The highest BCUT2D eigenvalue weighted by molar-refractivity contribution is 6.17. The van der Waals surface area contributed by atoms with Crippen LogP contribution < -0.4 is 4.90 Å². The molecule has 0 spiro atoms. The van der Waals surface area contributed by atoms with E-state index in [9.17, 15) is 0 Å². The van der Waals surface area contributed by atoms with E-state index >= 15 is 0 Å². The third kappa shape index (κ3) is 5.43. The molecule has 0 aliphatic rings. The van der Waals surface area contributed by atoms with Crippen LogP contribution in [-0.4, -0.2) is 4.57 Å². The highest BCUT2D eigenvalue weighted by Gasteiger charge is 2.25. The molecule has 0 aliphatic carbocycles. The molecule has 0 N–H and O–H groups in total. The standard InChI is InChI=1S/C54H36N2O/c1-4-18-37(19-5-1)41-24-10-13-29-47(41)56(51-32-17-31-50-53(51)45-26-11-14-30-48(45)55(50)40-22-8-3-9-23-40)49-35-34-39(36-46(49)38-20-6-2-7-21-38)42-27-16-28-44-43-25-12-15-33-52(43)57-54(42)44/h1-36H. The van der Waals surface area contributed by atoms with Gasteiger partial charge in [0.05, 0.1) is 28.1 Å². The molecule has 3 heteroatoms. The van der Waals surface area contributed by atoms with Crippen molar-refractivity contribution in [1.29, 1.82) is 0 Å². The summed E-state index contributed by atoms with van der Waals surface area (Å²) in [5, 5.41) is 4.63. The minimum absolute atomic E-state index is 0.895. The van der Waals surface area contributed by atoms with Gasteiger partial charge in [0.2, 0.25) is 0 Å². The fraction of sp³-hybridized carbons (Fsp3) is 0. The Kier molecular flexibility index (Phi) is 7.82. The molecule has 0 bridgehead atoms. The maximum atomic E-state index is 6.58. The molecule has 9 aromatic carbocycles. The normalized spacial score (nSPS) is 11.5. The molecule has 57 heavy (non-hydrogen) atoms. The maximum absolute atomic E-state index is 6.58. The number of nitrogens with zero attached hydrogens (tertiary/aromatic N) is 2. The van der Waals surface area contributed by atoms with Gasteiger partial charge in [-0.3, -0.25) is 0 Å². The molecule has 2 aromatic heterocycles. The molecule has 0 radical (unpaired) electrons. The van der Waals surface area contributed by atoms with Gasteiger partial charge in [0.1, 0.15) is 11.2 Å². The van der Waals surface area contributed by atoms with E-state index in [-0.39, 0.29) is 0 Å². The Labute approximate surface area is 330 Å². The molecule has 2 heterocycles. The monoisotopic (exact) mass is 728 g/mol. The minimum atomic E-state index is 0.895. The highest BCUT2D eigenvalue weighted by atomic mass is 16.3. The summed E-state index contributed by atoms with van der Waals surface area (Å²) < 4.78 is 8.97. The summed E-state index contributed by atoms with van der Waals surface area (Å²) in [6.45, 7) is 0. The van der Waals surface area contributed by atoms with Crippen LogP contribution in [0.15, 0.2) is 223 Å². The van der Waals surface area contributed by atoms with Crippen LogP contribution in [0.25, 0.3) is 82.8 Å². The van der Waals surface area contributed by atoms with E-state index in [0.29, 0.717) is 0 Å². The van der Waals surface area contributed by atoms with Crippen LogP contribution in [-0.2, 0) is 0 Å². The average Bonchev–Trinajstić information content (AvgIpc) is 3.84. The third-order valence-electron chi connectivity index (χ3n) is 11.2. The van der Waals surface area contributed by atoms with Crippen molar-refractivity contribution in [3.05, 3.63) is 218 Å². The molecule has 11 rings (SSSR count). The Bertz CT molecular complexity index is 3230. The third-order valence-corrected chi connectivity index (χ3v) is 11.2. The molecular weight excluding hydrogens is 693 g/mol. The smallest absolute Gasteiger partial charge is 0.143 e. The van der Waals surface area contributed by atoms with Gasteiger partial charge in [-0.1, -0.05) is 164 Å². The first-order chi connectivity index (χ1) is 28.3. The topological polar surface area (TPSA) is 21.3 Å². The number of anilines is 3. The van der Waals surface area contributed by atoms with Crippen LogP contribution in [0.5, 0.6) is 0 Å². The highest BCUT2D eigenvalue weighted by Crippen LogP contribution is 2.50. The SMILES string of the molecule is c1ccc(-c2ccccc2N(c2ccc(-c3cccc4c3oc3ccccc34)cc2-c2ccccc2)c2cccc3c2c2ccccc2n3-c2ccccc2)cc1. The van der Waals surface area contributed by atoms with E-state index in [1.165, 1.54) is 16.3 Å². The summed E-state index contributed by atoms with van der Waals surface area (Å²) >= 11 is 0. The summed E-state index contributed by atoms with van der Waals surface area (Å²) in [5.74, 6) is 0. The fourth-order valence-electron chi connectivity index (χ4n) is 8.68.